The van der Waals surface area contributed by atoms with Gasteiger partial charge in [-0.2, -0.15) is 0 Å². The molecule has 17 heavy (non-hydrogen) atoms. The standard InChI is InChI=1S/C12H12BrNOS2/c1-15-11-5-9(14)2-3-12(11)17-7-10-4-8(13)6-16-10/h2-6H,7,14H2,1H3. The van der Waals surface area contributed by atoms with Crippen molar-refractivity contribution in [3.63, 3.8) is 0 Å². The highest BCUT2D eigenvalue weighted by atomic mass is 79.9. The Bertz CT molecular complexity index is 513. The molecule has 90 valence electrons. The van der Waals surface area contributed by atoms with Crippen molar-refractivity contribution in [2.75, 3.05) is 12.8 Å². The normalized spacial score (nSPS) is 10.5. The van der Waals surface area contributed by atoms with Crippen molar-refractivity contribution in [2.45, 2.75) is 10.6 Å². The third-order valence-electron chi connectivity index (χ3n) is 2.18. The summed E-state index contributed by atoms with van der Waals surface area (Å²) in [5.74, 6) is 1.78. The van der Waals surface area contributed by atoms with E-state index >= 15 is 0 Å². The molecule has 0 saturated heterocycles. The van der Waals surface area contributed by atoms with Crippen molar-refractivity contribution in [3.8, 4) is 5.75 Å². The lowest BCUT2D eigenvalue weighted by Crippen LogP contribution is -1.90. The summed E-state index contributed by atoms with van der Waals surface area (Å²) in [5.41, 5.74) is 6.45. The van der Waals surface area contributed by atoms with Gasteiger partial charge in [-0.05, 0) is 34.1 Å². The molecule has 2 N–H and O–H groups in total. The van der Waals surface area contributed by atoms with Gasteiger partial charge in [0, 0.05) is 37.1 Å². The van der Waals surface area contributed by atoms with Crippen molar-refractivity contribution >= 4 is 44.7 Å². The summed E-state index contributed by atoms with van der Waals surface area (Å²) in [6.45, 7) is 0. The minimum absolute atomic E-state index is 0.727. The van der Waals surface area contributed by atoms with E-state index in [4.69, 9.17) is 10.5 Å². The average Bonchev–Trinajstić information content (AvgIpc) is 2.73. The Hall–Kier alpha value is -0.650. The van der Waals surface area contributed by atoms with Gasteiger partial charge in [-0.1, -0.05) is 0 Å². The van der Waals surface area contributed by atoms with E-state index in [9.17, 15) is 0 Å². The van der Waals surface area contributed by atoms with Crippen LogP contribution in [0.25, 0.3) is 0 Å². The number of nitrogens with two attached hydrogens (primary N) is 1. The van der Waals surface area contributed by atoms with Gasteiger partial charge in [-0.15, -0.1) is 23.1 Å². The van der Waals surface area contributed by atoms with Crippen LogP contribution in [0, 0.1) is 0 Å². The van der Waals surface area contributed by atoms with Crippen LogP contribution in [0.1, 0.15) is 4.88 Å². The Morgan fingerprint density at radius 1 is 1.41 bits per heavy atom. The fraction of sp³-hybridized carbons (Fsp3) is 0.167. The van der Waals surface area contributed by atoms with Gasteiger partial charge in [0.2, 0.25) is 0 Å². The van der Waals surface area contributed by atoms with Crippen LogP contribution in [0.15, 0.2) is 39.0 Å². The van der Waals surface area contributed by atoms with Crippen LogP contribution < -0.4 is 10.5 Å². The molecule has 2 rings (SSSR count). The monoisotopic (exact) mass is 329 g/mol. The van der Waals surface area contributed by atoms with Crippen LogP contribution in [0.3, 0.4) is 0 Å². The number of hydrogen-bond acceptors (Lipinski definition) is 4. The molecule has 2 nitrogen and oxygen atoms in total. The molecule has 5 heteroatoms. The number of nitrogen functional groups attached to an aromatic ring is 1. The molecule has 0 atom stereocenters. The van der Waals surface area contributed by atoms with Crippen molar-refractivity contribution in [2.24, 2.45) is 0 Å². The van der Waals surface area contributed by atoms with Gasteiger partial charge < -0.3 is 10.5 Å². The SMILES string of the molecule is COc1cc(N)ccc1SCc1cc(Br)cs1. The molecule has 0 radical (unpaired) electrons. The molecule has 1 aromatic carbocycles. The van der Waals surface area contributed by atoms with E-state index < -0.39 is 0 Å². The minimum atomic E-state index is 0.727. The molecule has 0 bridgehead atoms. The second-order valence-corrected chi connectivity index (χ2v) is 6.36. The summed E-state index contributed by atoms with van der Waals surface area (Å²) in [4.78, 5) is 2.45. The van der Waals surface area contributed by atoms with E-state index in [2.05, 4.69) is 27.4 Å². The molecule has 0 aliphatic heterocycles. The summed E-state index contributed by atoms with van der Waals surface area (Å²) in [6.07, 6.45) is 0. The maximum atomic E-state index is 5.72. The highest BCUT2D eigenvalue weighted by molar-refractivity contribution is 9.10. The molecule has 0 aliphatic carbocycles. The molecule has 0 amide bonds. The molecule has 1 aromatic heterocycles. The highest BCUT2D eigenvalue weighted by Gasteiger charge is 2.05. The first-order valence-corrected chi connectivity index (χ1v) is 7.64. The lowest BCUT2D eigenvalue weighted by Gasteiger charge is -2.08. The van der Waals surface area contributed by atoms with E-state index in [0.29, 0.717) is 0 Å². The molecule has 0 unspecified atom stereocenters. The third kappa shape index (κ3) is 3.40. The fourth-order valence-corrected chi connectivity index (χ4v) is 3.90. The molecular weight excluding hydrogens is 318 g/mol. The average molecular weight is 330 g/mol. The summed E-state index contributed by atoms with van der Waals surface area (Å²) in [7, 11) is 1.67. The fourth-order valence-electron chi connectivity index (χ4n) is 1.38. The predicted molar refractivity (Wildman–Crippen MR) is 79.0 cm³/mol. The molecule has 0 spiro atoms. The smallest absolute Gasteiger partial charge is 0.134 e. The predicted octanol–water partition coefficient (Wildman–Crippen LogP) is 4.39. The first kappa shape index (κ1) is 12.8. The number of rotatable bonds is 4. The van der Waals surface area contributed by atoms with E-state index in [1.165, 1.54) is 4.88 Å². The number of benzene rings is 1. The lowest BCUT2D eigenvalue weighted by atomic mass is 10.3. The second-order valence-electron chi connectivity index (χ2n) is 3.43. The zero-order valence-electron chi connectivity index (χ0n) is 9.27. The number of ether oxygens (including phenoxy) is 1. The van der Waals surface area contributed by atoms with Crippen molar-refractivity contribution in [1.29, 1.82) is 0 Å². The van der Waals surface area contributed by atoms with Gasteiger partial charge in [0.05, 0.1) is 7.11 Å². The Balaban J connectivity index is 2.08. The van der Waals surface area contributed by atoms with Crippen LogP contribution in [-0.2, 0) is 5.75 Å². The Morgan fingerprint density at radius 2 is 2.24 bits per heavy atom. The van der Waals surface area contributed by atoms with Gasteiger partial charge in [0.15, 0.2) is 0 Å². The topological polar surface area (TPSA) is 35.2 Å². The van der Waals surface area contributed by atoms with Crippen molar-refractivity contribution < 1.29 is 4.74 Å². The highest BCUT2D eigenvalue weighted by Crippen LogP contribution is 2.34. The Labute approximate surface area is 117 Å². The molecule has 0 fully saturated rings. The second kappa shape index (κ2) is 5.80. The Kier molecular flexibility index (Phi) is 4.36. The first-order valence-electron chi connectivity index (χ1n) is 4.98. The molecule has 0 aliphatic rings. The van der Waals surface area contributed by atoms with Gasteiger partial charge in [-0.3, -0.25) is 0 Å². The molecule has 2 aromatic rings. The number of hydrogen-bond donors (Lipinski definition) is 1. The summed E-state index contributed by atoms with van der Waals surface area (Å²) in [5, 5.41) is 2.09. The number of thioether (sulfide) groups is 1. The van der Waals surface area contributed by atoms with Gasteiger partial charge >= 0.3 is 0 Å². The quantitative estimate of drug-likeness (QED) is 0.667. The number of halogens is 1. The first-order chi connectivity index (χ1) is 8.19. The van der Waals surface area contributed by atoms with Crippen LogP contribution in [0.4, 0.5) is 5.69 Å². The van der Waals surface area contributed by atoms with Gasteiger partial charge in [0.25, 0.3) is 0 Å². The zero-order chi connectivity index (χ0) is 12.3. The van der Waals surface area contributed by atoms with Crippen molar-refractivity contribution in [3.05, 3.63) is 39.0 Å². The number of methoxy groups -OCH3 is 1. The largest absolute Gasteiger partial charge is 0.496 e. The summed E-state index contributed by atoms with van der Waals surface area (Å²) in [6, 6.07) is 7.89. The van der Waals surface area contributed by atoms with Crippen LogP contribution in [0.5, 0.6) is 5.75 Å². The maximum Gasteiger partial charge on any atom is 0.134 e. The molecule has 1 heterocycles. The van der Waals surface area contributed by atoms with E-state index in [0.717, 1.165) is 26.6 Å². The molecule has 0 saturated carbocycles. The minimum Gasteiger partial charge on any atom is -0.496 e. The maximum absolute atomic E-state index is 5.72. The van der Waals surface area contributed by atoms with Crippen LogP contribution in [-0.4, -0.2) is 7.11 Å². The van der Waals surface area contributed by atoms with Crippen LogP contribution in [0.2, 0.25) is 0 Å². The van der Waals surface area contributed by atoms with Gasteiger partial charge in [-0.25, -0.2) is 0 Å². The Morgan fingerprint density at radius 3 is 2.88 bits per heavy atom. The van der Waals surface area contributed by atoms with Gasteiger partial charge in [0.1, 0.15) is 5.75 Å². The number of thiophene rings is 1. The number of anilines is 1. The van der Waals surface area contributed by atoms with E-state index in [1.807, 2.05) is 18.2 Å². The third-order valence-corrected chi connectivity index (χ3v) is 5.16. The van der Waals surface area contributed by atoms with Crippen LogP contribution >= 0.6 is 39.0 Å². The summed E-state index contributed by atoms with van der Waals surface area (Å²) >= 11 is 6.96. The lowest BCUT2D eigenvalue weighted by molar-refractivity contribution is 0.405. The van der Waals surface area contributed by atoms with E-state index in [1.54, 1.807) is 30.2 Å². The zero-order valence-corrected chi connectivity index (χ0v) is 12.5. The summed E-state index contributed by atoms with van der Waals surface area (Å²) < 4.78 is 6.45. The van der Waals surface area contributed by atoms with Crippen molar-refractivity contribution in [1.82, 2.24) is 0 Å². The molecular formula is C12H12BrNOS2. The van der Waals surface area contributed by atoms with E-state index in [-0.39, 0.29) is 0 Å².